The molecule has 2 heterocycles. The molecule has 0 spiro atoms. The standard InChI is InChI=1S/C8H13N3O2S/c12-4-6-1-11(3-8(6)13)2-7-5-14-10-9-7/h5-6,8,12-13H,1-4H2. The Morgan fingerprint density at radius 1 is 1.57 bits per heavy atom. The maximum absolute atomic E-state index is 9.55. The number of aromatic nitrogens is 2. The van der Waals surface area contributed by atoms with Gasteiger partial charge in [-0.15, -0.1) is 5.10 Å². The zero-order valence-electron chi connectivity index (χ0n) is 7.70. The molecule has 6 heteroatoms. The largest absolute Gasteiger partial charge is 0.396 e. The summed E-state index contributed by atoms with van der Waals surface area (Å²) < 4.78 is 3.78. The minimum absolute atomic E-state index is 0.0124. The SMILES string of the molecule is OCC1CN(Cc2csnn2)CC1O. The highest BCUT2D eigenvalue weighted by Crippen LogP contribution is 2.18. The van der Waals surface area contributed by atoms with Crippen molar-refractivity contribution in [1.82, 2.24) is 14.5 Å². The van der Waals surface area contributed by atoms with E-state index < -0.39 is 6.10 Å². The van der Waals surface area contributed by atoms with E-state index in [0.717, 1.165) is 12.2 Å². The molecule has 0 radical (unpaired) electrons. The summed E-state index contributed by atoms with van der Waals surface area (Å²) in [5.41, 5.74) is 0.931. The van der Waals surface area contributed by atoms with Crippen LogP contribution in [0.2, 0.25) is 0 Å². The summed E-state index contributed by atoms with van der Waals surface area (Å²) >= 11 is 1.33. The Morgan fingerprint density at radius 3 is 3.00 bits per heavy atom. The highest BCUT2D eigenvalue weighted by Gasteiger charge is 2.30. The predicted octanol–water partition coefficient (Wildman–Crippen LogP) is -0.677. The van der Waals surface area contributed by atoms with Crippen LogP contribution in [0.15, 0.2) is 5.38 Å². The molecular weight excluding hydrogens is 202 g/mol. The number of likely N-dealkylation sites (tertiary alicyclic amines) is 1. The van der Waals surface area contributed by atoms with Crippen molar-refractivity contribution in [3.8, 4) is 0 Å². The van der Waals surface area contributed by atoms with Crippen molar-refractivity contribution in [3.05, 3.63) is 11.1 Å². The second-order valence-electron chi connectivity index (χ2n) is 3.60. The molecule has 0 aliphatic carbocycles. The number of rotatable bonds is 3. The lowest BCUT2D eigenvalue weighted by Gasteiger charge is -2.12. The molecule has 2 N–H and O–H groups in total. The van der Waals surface area contributed by atoms with Gasteiger partial charge in [0.25, 0.3) is 0 Å². The van der Waals surface area contributed by atoms with Crippen LogP contribution in [-0.2, 0) is 6.54 Å². The fraction of sp³-hybridized carbons (Fsp3) is 0.750. The lowest BCUT2D eigenvalue weighted by atomic mass is 10.1. The zero-order valence-corrected chi connectivity index (χ0v) is 8.52. The third-order valence-electron chi connectivity index (χ3n) is 2.51. The second kappa shape index (κ2) is 4.31. The molecule has 1 aromatic rings. The van der Waals surface area contributed by atoms with Crippen LogP contribution in [0.3, 0.4) is 0 Å². The first kappa shape index (κ1) is 9.97. The van der Waals surface area contributed by atoms with Crippen LogP contribution in [0.4, 0.5) is 0 Å². The van der Waals surface area contributed by atoms with Crippen LogP contribution < -0.4 is 0 Å². The first-order valence-electron chi connectivity index (χ1n) is 4.57. The van der Waals surface area contributed by atoms with Crippen molar-refractivity contribution < 1.29 is 10.2 Å². The van der Waals surface area contributed by atoms with E-state index in [1.165, 1.54) is 11.5 Å². The van der Waals surface area contributed by atoms with Gasteiger partial charge in [0.1, 0.15) is 0 Å². The second-order valence-corrected chi connectivity index (χ2v) is 4.21. The van der Waals surface area contributed by atoms with E-state index in [1.54, 1.807) is 0 Å². The van der Waals surface area contributed by atoms with Gasteiger partial charge in [-0.3, -0.25) is 4.90 Å². The van der Waals surface area contributed by atoms with Gasteiger partial charge >= 0.3 is 0 Å². The molecule has 1 fully saturated rings. The number of nitrogens with zero attached hydrogens (tertiary/aromatic N) is 3. The highest BCUT2D eigenvalue weighted by molar-refractivity contribution is 7.03. The van der Waals surface area contributed by atoms with Crippen LogP contribution in [0, 0.1) is 5.92 Å². The van der Waals surface area contributed by atoms with Gasteiger partial charge in [-0.1, -0.05) is 4.49 Å². The fourth-order valence-corrected chi connectivity index (χ4v) is 2.17. The van der Waals surface area contributed by atoms with Gasteiger partial charge in [-0.05, 0) is 11.5 Å². The maximum Gasteiger partial charge on any atom is 0.0895 e. The molecule has 1 aliphatic heterocycles. The molecule has 2 rings (SSSR count). The van der Waals surface area contributed by atoms with E-state index >= 15 is 0 Å². The van der Waals surface area contributed by atoms with Gasteiger partial charge in [-0.25, -0.2) is 0 Å². The molecule has 14 heavy (non-hydrogen) atoms. The van der Waals surface area contributed by atoms with E-state index in [2.05, 4.69) is 14.5 Å². The van der Waals surface area contributed by atoms with Crippen molar-refractivity contribution in [2.45, 2.75) is 12.6 Å². The van der Waals surface area contributed by atoms with Gasteiger partial charge in [-0.2, -0.15) is 0 Å². The third-order valence-corrected chi connectivity index (χ3v) is 3.06. The average Bonchev–Trinajstić information content (AvgIpc) is 2.76. The van der Waals surface area contributed by atoms with E-state index in [-0.39, 0.29) is 12.5 Å². The molecule has 2 atom stereocenters. The van der Waals surface area contributed by atoms with Crippen LogP contribution in [0.1, 0.15) is 5.69 Å². The van der Waals surface area contributed by atoms with Gasteiger partial charge in [0.2, 0.25) is 0 Å². The molecule has 1 aromatic heterocycles. The molecule has 2 unspecified atom stereocenters. The van der Waals surface area contributed by atoms with Crippen molar-refractivity contribution in [2.75, 3.05) is 19.7 Å². The summed E-state index contributed by atoms with van der Waals surface area (Å²) in [6.07, 6.45) is -0.411. The average molecular weight is 215 g/mol. The topological polar surface area (TPSA) is 69.5 Å². The van der Waals surface area contributed by atoms with Crippen LogP contribution in [0.5, 0.6) is 0 Å². The quantitative estimate of drug-likeness (QED) is 0.699. The summed E-state index contributed by atoms with van der Waals surface area (Å²) in [6, 6.07) is 0. The Kier molecular flexibility index (Phi) is 3.07. The lowest BCUT2D eigenvalue weighted by Crippen LogP contribution is -2.21. The van der Waals surface area contributed by atoms with E-state index in [1.807, 2.05) is 5.38 Å². The highest BCUT2D eigenvalue weighted by atomic mass is 32.1. The van der Waals surface area contributed by atoms with Crippen LogP contribution in [-0.4, -0.2) is 50.5 Å². The molecule has 0 aromatic carbocycles. The van der Waals surface area contributed by atoms with Crippen molar-refractivity contribution in [3.63, 3.8) is 0 Å². The number of hydrogen-bond donors (Lipinski definition) is 2. The fourth-order valence-electron chi connectivity index (χ4n) is 1.73. The number of aliphatic hydroxyl groups is 2. The molecule has 5 nitrogen and oxygen atoms in total. The Morgan fingerprint density at radius 2 is 2.43 bits per heavy atom. The summed E-state index contributed by atoms with van der Waals surface area (Å²) in [6.45, 7) is 2.11. The number of β-amino-alcohol motifs (C(OH)–C–C–N with tert-alkyl or cyclic N) is 1. The monoisotopic (exact) mass is 215 g/mol. The number of aliphatic hydroxyl groups excluding tert-OH is 2. The minimum atomic E-state index is -0.411. The smallest absolute Gasteiger partial charge is 0.0895 e. The van der Waals surface area contributed by atoms with Gasteiger partial charge in [0, 0.05) is 37.5 Å². The Balaban J connectivity index is 1.89. The molecule has 1 saturated heterocycles. The summed E-state index contributed by atoms with van der Waals surface area (Å²) in [5, 5.41) is 24.4. The molecule has 0 bridgehead atoms. The molecule has 1 aliphatic rings. The molecule has 78 valence electrons. The van der Waals surface area contributed by atoms with E-state index in [0.29, 0.717) is 13.1 Å². The summed E-state index contributed by atoms with van der Waals surface area (Å²) in [4.78, 5) is 2.09. The van der Waals surface area contributed by atoms with Crippen LogP contribution in [0.25, 0.3) is 0 Å². The van der Waals surface area contributed by atoms with Crippen LogP contribution >= 0.6 is 11.5 Å². The summed E-state index contributed by atoms with van der Waals surface area (Å²) in [7, 11) is 0. The maximum atomic E-state index is 9.55. The minimum Gasteiger partial charge on any atom is -0.396 e. The predicted molar refractivity (Wildman–Crippen MR) is 51.8 cm³/mol. The Bertz CT molecular complexity index is 280. The summed E-state index contributed by atoms with van der Waals surface area (Å²) in [5.74, 6) is -0.0124. The molecule has 0 saturated carbocycles. The van der Waals surface area contributed by atoms with Gasteiger partial charge < -0.3 is 10.2 Å². The zero-order chi connectivity index (χ0) is 9.97. The van der Waals surface area contributed by atoms with E-state index in [9.17, 15) is 5.11 Å². The van der Waals surface area contributed by atoms with Gasteiger partial charge in [0.15, 0.2) is 0 Å². The van der Waals surface area contributed by atoms with Crippen molar-refractivity contribution in [1.29, 1.82) is 0 Å². The molecular formula is C8H13N3O2S. The molecule has 0 amide bonds. The number of hydrogen-bond acceptors (Lipinski definition) is 6. The first-order chi connectivity index (χ1) is 6.79. The Labute approximate surface area is 86.2 Å². The van der Waals surface area contributed by atoms with Crippen molar-refractivity contribution in [2.24, 2.45) is 5.92 Å². The van der Waals surface area contributed by atoms with Crippen molar-refractivity contribution >= 4 is 11.5 Å². The Hall–Kier alpha value is -0.560. The van der Waals surface area contributed by atoms with E-state index in [4.69, 9.17) is 5.11 Å². The normalized spacial score (nSPS) is 28.4. The van der Waals surface area contributed by atoms with Gasteiger partial charge in [0.05, 0.1) is 11.8 Å². The lowest BCUT2D eigenvalue weighted by molar-refractivity contribution is 0.103. The first-order valence-corrected chi connectivity index (χ1v) is 5.40. The third kappa shape index (κ3) is 2.09.